The van der Waals surface area contributed by atoms with Crippen molar-refractivity contribution in [1.29, 1.82) is 0 Å². The van der Waals surface area contributed by atoms with Crippen molar-refractivity contribution in [3.8, 4) is 0 Å². The van der Waals surface area contributed by atoms with Gasteiger partial charge in [0.15, 0.2) is 0 Å². The monoisotopic (exact) mass is 368 g/mol. The van der Waals surface area contributed by atoms with Crippen LogP contribution in [0.25, 0.3) is 0 Å². The van der Waals surface area contributed by atoms with Gasteiger partial charge in [-0.25, -0.2) is 0 Å². The zero-order chi connectivity index (χ0) is 18.7. The quantitative estimate of drug-likeness (QED) is 0.633. The van der Waals surface area contributed by atoms with E-state index in [1.807, 2.05) is 18.2 Å². The molecular weight excluding hydrogens is 336 g/mol. The molecule has 1 heterocycles. The number of benzene rings is 2. The lowest BCUT2D eigenvalue weighted by molar-refractivity contribution is 0.0354. The van der Waals surface area contributed by atoms with Crippen LogP contribution in [0.1, 0.15) is 24.0 Å². The van der Waals surface area contributed by atoms with E-state index in [0.717, 1.165) is 38.9 Å². The van der Waals surface area contributed by atoms with Crippen molar-refractivity contribution in [3.05, 3.63) is 71.8 Å². The first-order valence-electron chi connectivity index (χ1n) is 10.1. The number of aliphatic hydroxyl groups is 1. The minimum atomic E-state index is -0.442. The Bertz CT molecular complexity index is 627. The van der Waals surface area contributed by atoms with Gasteiger partial charge in [0.25, 0.3) is 0 Å². The highest BCUT2D eigenvalue weighted by molar-refractivity contribution is 5.15. The molecule has 0 spiro atoms. The minimum absolute atomic E-state index is 0.396. The van der Waals surface area contributed by atoms with Gasteiger partial charge >= 0.3 is 0 Å². The lowest BCUT2D eigenvalue weighted by Crippen LogP contribution is -2.45. The Kier molecular flexibility index (Phi) is 8.31. The second-order valence-corrected chi connectivity index (χ2v) is 7.41. The molecule has 1 aliphatic heterocycles. The average molecular weight is 369 g/mol. The first-order chi connectivity index (χ1) is 13.3. The topological polar surface area (TPSA) is 44.7 Å². The lowest BCUT2D eigenvalue weighted by atomic mass is 10.0. The standard InChI is InChI=1S/C23H32N2O2/c26-23(19-27-16-13-20-7-3-1-4-8-20)17-24-22-11-14-25(15-12-22)18-21-9-5-2-6-10-21/h1-10,22-24,26H,11-19H2. The zero-order valence-electron chi connectivity index (χ0n) is 16.1. The van der Waals surface area contributed by atoms with Crippen molar-refractivity contribution >= 4 is 0 Å². The van der Waals surface area contributed by atoms with Crippen LogP contribution in [0.5, 0.6) is 0 Å². The maximum Gasteiger partial charge on any atom is 0.0897 e. The molecule has 2 aromatic rings. The molecular formula is C23H32N2O2. The van der Waals surface area contributed by atoms with E-state index in [1.54, 1.807) is 0 Å². The van der Waals surface area contributed by atoms with E-state index in [1.165, 1.54) is 11.1 Å². The molecule has 1 atom stereocenters. The molecule has 1 unspecified atom stereocenters. The van der Waals surface area contributed by atoms with E-state index < -0.39 is 6.10 Å². The molecule has 0 aromatic heterocycles. The molecule has 0 radical (unpaired) electrons. The Labute approximate surface area is 163 Å². The number of rotatable bonds is 10. The van der Waals surface area contributed by atoms with Crippen LogP contribution in [-0.4, -0.2) is 55.0 Å². The van der Waals surface area contributed by atoms with Gasteiger partial charge in [-0.2, -0.15) is 0 Å². The van der Waals surface area contributed by atoms with Gasteiger partial charge in [0.1, 0.15) is 0 Å². The third-order valence-corrected chi connectivity index (χ3v) is 5.17. The molecule has 4 heteroatoms. The summed E-state index contributed by atoms with van der Waals surface area (Å²) in [5.74, 6) is 0. The Balaban J connectivity index is 1.24. The molecule has 1 aliphatic rings. The summed E-state index contributed by atoms with van der Waals surface area (Å²) in [7, 11) is 0. The predicted octanol–water partition coefficient (Wildman–Crippen LogP) is 2.86. The third kappa shape index (κ3) is 7.43. The van der Waals surface area contributed by atoms with Crippen molar-refractivity contribution in [2.75, 3.05) is 32.8 Å². The summed E-state index contributed by atoms with van der Waals surface area (Å²) in [6.45, 7) is 4.90. The van der Waals surface area contributed by atoms with Gasteiger partial charge in [-0.15, -0.1) is 0 Å². The fourth-order valence-electron chi connectivity index (χ4n) is 3.55. The minimum Gasteiger partial charge on any atom is -0.389 e. The van der Waals surface area contributed by atoms with Crippen molar-refractivity contribution in [3.63, 3.8) is 0 Å². The fraction of sp³-hybridized carbons (Fsp3) is 0.478. The van der Waals surface area contributed by atoms with Gasteiger partial charge in [0.05, 0.1) is 19.3 Å². The van der Waals surface area contributed by atoms with Crippen LogP contribution in [0.3, 0.4) is 0 Å². The largest absolute Gasteiger partial charge is 0.389 e. The summed E-state index contributed by atoms with van der Waals surface area (Å²) in [5.41, 5.74) is 2.65. The molecule has 1 fully saturated rings. The number of hydrogen-bond acceptors (Lipinski definition) is 4. The van der Waals surface area contributed by atoms with Crippen LogP contribution in [-0.2, 0) is 17.7 Å². The predicted molar refractivity (Wildman–Crippen MR) is 110 cm³/mol. The number of likely N-dealkylation sites (tertiary alicyclic amines) is 1. The number of ether oxygens (including phenoxy) is 1. The molecule has 0 saturated carbocycles. The fourth-order valence-corrected chi connectivity index (χ4v) is 3.55. The van der Waals surface area contributed by atoms with Gasteiger partial charge in [-0.1, -0.05) is 60.7 Å². The Morgan fingerprint density at radius 3 is 2.26 bits per heavy atom. The van der Waals surface area contributed by atoms with Crippen LogP contribution in [0, 0.1) is 0 Å². The van der Waals surface area contributed by atoms with Crippen molar-refractivity contribution < 1.29 is 9.84 Å². The summed E-state index contributed by atoms with van der Waals surface area (Å²) in [6, 6.07) is 21.5. The molecule has 2 N–H and O–H groups in total. The first kappa shape index (κ1) is 20.0. The van der Waals surface area contributed by atoms with Crippen molar-refractivity contribution in [2.45, 2.75) is 38.0 Å². The van der Waals surface area contributed by atoms with E-state index in [2.05, 4.69) is 52.7 Å². The second-order valence-electron chi connectivity index (χ2n) is 7.41. The first-order valence-corrected chi connectivity index (χ1v) is 10.1. The highest BCUT2D eigenvalue weighted by Crippen LogP contribution is 2.13. The van der Waals surface area contributed by atoms with E-state index >= 15 is 0 Å². The van der Waals surface area contributed by atoms with E-state index in [9.17, 15) is 5.11 Å². The molecule has 0 amide bonds. The van der Waals surface area contributed by atoms with Crippen LogP contribution >= 0.6 is 0 Å². The average Bonchev–Trinajstić information content (AvgIpc) is 2.72. The molecule has 146 valence electrons. The maximum absolute atomic E-state index is 10.1. The van der Waals surface area contributed by atoms with E-state index in [-0.39, 0.29) is 0 Å². The molecule has 0 aliphatic carbocycles. The summed E-state index contributed by atoms with van der Waals surface area (Å²) < 4.78 is 5.62. The molecule has 4 nitrogen and oxygen atoms in total. The normalized spacial score (nSPS) is 17.1. The Morgan fingerprint density at radius 2 is 1.59 bits per heavy atom. The van der Waals surface area contributed by atoms with Crippen LogP contribution in [0.15, 0.2) is 60.7 Å². The summed E-state index contributed by atoms with van der Waals surface area (Å²) in [6.07, 6.45) is 2.71. The molecule has 1 saturated heterocycles. The van der Waals surface area contributed by atoms with Crippen LogP contribution < -0.4 is 5.32 Å². The number of aliphatic hydroxyl groups excluding tert-OH is 1. The highest BCUT2D eigenvalue weighted by Gasteiger charge is 2.19. The number of hydrogen-bond donors (Lipinski definition) is 2. The van der Waals surface area contributed by atoms with Crippen LogP contribution in [0.4, 0.5) is 0 Å². The van der Waals surface area contributed by atoms with E-state index in [0.29, 0.717) is 25.8 Å². The molecule has 0 bridgehead atoms. The van der Waals surface area contributed by atoms with Gasteiger partial charge in [-0.05, 0) is 43.5 Å². The molecule has 2 aromatic carbocycles. The van der Waals surface area contributed by atoms with Gasteiger partial charge in [-0.3, -0.25) is 4.90 Å². The Hall–Kier alpha value is -1.72. The van der Waals surface area contributed by atoms with Gasteiger partial charge < -0.3 is 15.2 Å². The van der Waals surface area contributed by atoms with Crippen molar-refractivity contribution in [2.24, 2.45) is 0 Å². The highest BCUT2D eigenvalue weighted by atomic mass is 16.5. The maximum atomic E-state index is 10.1. The van der Waals surface area contributed by atoms with Gasteiger partial charge in [0.2, 0.25) is 0 Å². The van der Waals surface area contributed by atoms with Gasteiger partial charge in [0, 0.05) is 19.1 Å². The SMILES string of the molecule is OC(CNC1CCN(Cc2ccccc2)CC1)COCCc1ccccc1. The third-order valence-electron chi connectivity index (χ3n) is 5.17. The smallest absolute Gasteiger partial charge is 0.0897 e. The molecule has 27 heavy (non-hydrogen) atoms. The second kappa shape index (κ2) is 11.2. The number of piperidine rings is 1. The van der Waals surface area contributed by atoms with Crippen molar-refractivity contribution in [1.82, 2.24) is 10.2 Å². The molecule has 3 rings (SSSR count). The summed E-state index contributed by atoms with van der Waals surface area (Å²) in [4.78, 5) is 2.51. The number of nitrogens with one attached hydrogen (secondary N) is 1. The Morgan fingerprint density at radius 1 is 0.963 bits per heavy atom. The van der Waals surface area contributed by atoms with E-state index in [4.69, 9.17) is 4.74 Å². The zero-order valence-corrected chi connectivity index (χ0v) is 16.1. The number of nitrogens with zero attached hydrogens (tertiary/aromatic N) is 1. The summed E-state index contributed by atoms with van der Waals surface area (Å²) in [5, 5.41) is 13.6. The summed E-state index contributed by atoms with van der Waals surface area (Å²) >= 11 is 0. The lowest BCUT2D eigenvalue weighted by Gasteiger charge is -2.33. The van der Waals surface area contributed by atoms with Crippen LogP contribution in [0.2, 0.25) is 0 Å².